The first-order valence-corrected chi connectivity index (χ1v) is 8.02. The van der Waals surface area contributed by atoms with Crippen molar-refractivity contribution >= 4 is 28.6 Å². The van der Waals surface area contributed by atoms with Crippen LogP contribution in [0, 0.1) is 6.92 Å². The highest BCUT2D eigenvalue weighted by Gasteiger charge is 2.22. The standard InChI is InChI=1S/C18H19N3O4/c1-4-21-10-14(13-7-5-6-8-15(13)21)18(23)24-12(3)17(22)19-16-9-11(2)25-20-16/h5-10,12H,4H2,1-3H3,(H,19,20,22)/t12-/m1/s1. The summed E-state index contributed by atoms with van der Waals surface area (Å²) < 4.78 is 12.2. The molecule has 0 unspecified atom stereocenters. The van der Waals surface area contributed by atoms with Crippen LogP contribution in [0.3, 0.4) is 0 Å². The third-order valence-electron chi connectivity index (χ3n) is 3.88. The highest BCUT2D eigenvalue weighted by atomic mass is 16.5. The summed E-state index contributed by atoms with van der Waals surface area (Å²) in [6, 6.07) is 9.17. The Kier molecular flexibility index (Phi) is 4.56. The largest absolute Gasteiger partial charge is 0.449 e. The predicted octanol–water partition coefficient (Wildman–Crippen LogP) is 3.14. The second-order valence-corrected chi connectivity index (χ2v) is 5.71. The van der Waals surface area contributed by atoms with Crippen molar-refractivity contribution in [2.45, 2.75) is 33.4 Å². The lowest BCUT2D eigenvalue weighted by molar-refractivity contribution is -0.123. The summed E-state index contributed by atoms with van der Waals surface area (Å²) in [5, 5.41) is 7.03. The number of aromatic nitrogens is 2. The van der Waals surface area contributed by atoms with Crippen molar-refractivity contribution in [1.29, 1.82) is 0 Å². The minimum atomic E-state index is -0.965. The van der Waals surface area contributed by atoms with Gasteiger partial charge in [0.2, 0.25) is 0 Å². The van der Waals surface area contributed by atoms with Gasteiger partial charge in [0.15, 0.2) is 11.9 Å². The Morgan fingerprint density at radius 3 is 2.80 bits per heavy atom. The van der Waals surface area contributed by atoms with Crippen molar-refractivity contribution in [1.82, 2.24) is 9.72 Å². The molecule has 3 rings (SSSR count). The fraction of sp³-hybridized carbons (Fsp3) is 0.278. The van der Waals surface area contributed by atoms with Crippen molar-refractivity contribution in [3.8, 4) is 0 Å². The number of carbonyl (C=O) groups excluding carboxylic acids is 2. The van der Waals surface area contributed by atoms with Gasteiger partial charge in [0.1, 0.15) is 5.76 Å². The van der Waals surface area contributed by atoms with Gasteiger partial charge in [0.25, 0.3) is 5.91 Å². The summed E-state index contributed by atoms with van der Waals surface area (Å²) in [4.78, 5) is 24.6. The molecular formula is C18H19N3O4. The Morgan fingerprint density at radius 1 is 1.36 bits per heavy atom. The Hall–Kier alpha value is -3.09. The van der Waals surface area contributed by atoms with Gasteiger partial charge < -0.3 is 19.1 Å². The van der Waals surface area contributed by atoms with Crippen LogP contribution in [0.15, 0.2) is 41.1 Å². The van der Waals surface area contributed by atoms with Crippen molar-refractivity contribution in [2.75, 3.05) is 5.32 Å². The number of anilines is 1. The molecule has 0 radical (unpaired) electrons. The minimum Gasteiger partial charge on any atom is -0.449 e. The smallest absolute Gasteiger partial charge is 0.341 e. The molecule has 0 bridgehead atoms. The molecule has 25 heavy (non-hydrogen) atoms. The third kappa shape index (κ3) is 3.40. The number of hydrogen-bond donors (Lipinski definition) is 1. The molecule has 7 heteroatoms. The fourth-order valence-corrected chi connectivity index (χ4v) is 2.60. The molecule has 0 saturated heterocycles. The summed E-state index contributed by atoms with van der Waals surface area (Å²) in [5.41, 5.74) is 1.39. The number of rotatable bonds is 5. The lowest BCUT2D eigenvalue weighted by Gasteiger charge is -2.11. The summed E-state index contributed by atoms with van der Waals surface area (Å²) in [6.45, 7) is 5.96. The molecule has 1 aromatic carbocycles. The molecule has 2 heterocycles. The van der Waals surface area contributed by atoms with Gasteiger partial charge in [-0.05, 0) is 26.8 Å². The van der Waals surface area contributed by atoms with E-state index in [-0.39, 0.29) is 5.82 Å². The first kappa shape index (κ1) is 16.8. The van der Waals surface area contributed by atoms with Gasteiger partial charge in [0.05, 0.1) is 5.56 Å². The maximum Gasteiger partial charge on any atom is 0.341 e. The lowest BCUT2D eigenvalue weighted by atomic mass is 10.2. The van der Waals surface area contributed by atoms with Crippen LogP contribution in [0.4, 0.5) is 5.82 Å². The zero-order valence-electron chi connectivity index (χ0n) is 14.3. The fourth-order valence-electron chi connectivity index (χ4n) is 2.60. The Bertz CT molecular complexity index is 925. The number of esters is 1. The molecule has 1 amide bonds. The number of amides is 1. The maximum atomic E-state index is 12.5. The van der Waals surface area contributed by atoms with E-state index in [1.807, 2.05) is 35.8 Å². The molecule has 0 aliphatic carbocycles. The Labute approximate surface area is 144 Å². The summed E-state index contributed by atoms with van der Waals surface area (Å²) in [7, 11) is 0. The van der Waals surface area contributed by atoms with Crippen LogP contribution in [0.5, 0.6) is 0 Å². The van der Waals surface area contributed by atoms with Crippen LogP contribution in [0.2, 0.25) is 0 Å². The van der Waals surface area contributed by atoms with E-state index in [4.69, 9.17) is 9.26 Å². The Balaban J connectivity index is 1.74. The van der Waals surface area contributed by atoms with Gasteiger partial charge in [-0.2, -0.15) is 0 Å². The molecule has 0 spiro atoms. The van der Waals surface area contributed by atoms with E-state index >= 15 is 0 Å². The topological polar surface area (TPSA) is 86.4 Å². The number of hydrogen-bond acceptors (Lipinski definition) is 5. The monoisotopic (exact) mass is 341 g/mol. The van der Waals surface area contributed by atoms with Crippen LogP contribution < -0.4 is 5.32 Å². The molecule has 130 valence electrons. The molecule has 7 nitrogen and oxygen atoms in total. The maximum absolute atomic E-state index is 12.5. The Morgan fingerprint density at radius 2 is 2.12 bits per heavy atom. The summed E-state index contributed by atoms with van der Waals surface area (Å²) >= 11 is 0. The number of nitrogens with zero attached hydrogens (tertiary/aromatic N) is 2. The number of ether oxygens (including phenoxy) is 1. The van der Waals surface area contributed by atoms with Gasteiger partial charge in [-0.25, -0.2) is 4.79 Å². The van der Waals surface area contributed by atoms with E-state index in [1.54, 1.807) is 19.2 Å². The first-order chi connectivity index (χ1) is 12.0. The molecular weight excluding hydrogens is 322 g/mol. The average molecular weight is 341 g/mol. The molecule has 0 saturated carbocycles. The van der Waals surface area contributed by atoms with Gasteiger partial charge in [0, 0.05) is 29.7 Å². The number of fused-ring (bicyclic) bond motifs is 1. The van der Waals surface area contributed by atoms with Crippen molar-refractivity contribution in [3.63, 3.8) is 0 Å². The van der Waals surface area contributed by atoms with E-state index in [0.29, 0.717) is 11.3 Å². The average Bonchev–Trinajstić information content (AvgIpc) is 3.18. The highest BCUT2D eigenvalue weighted by molar-refractivity contribution is 6.05. The SMILES string of the molecule is CCn1cc(C(=O)O[C@H](C)C(=O)Nc2cc(C)on2)c2ccccc21. The number of aryl methyl sites for hydroxylation is 2. The van der Waals surface area contributed by atoms with Crippen LogP contribution in [0.25, 0.3) is 10.9 Å². The predicted molar refractivity (Wildman–Crippen MR) is 92.4 cm³/mol. The zero-order chi connectivity index (χ0) is 18.0. The van der Waals surface area contributed by atoms with Crippen LogP contribution in [-0.4, -0.2) is 27.7 Å². The molecule has 1 N–H and O–H groups in total. The molecule has 1 atom stereocenters. The van der Waals surface area contributed by atoms with Crippen LogP contribution in [-0.2, 0) is 16.1 Å². The van der Waals surface area contributed by atoms with Gasteiger partial charge in [-0.3, -0.25) is 4.79 Å². The molecule has 2 aromatic heterocycles. The van der Waals surface area contributed by atoms with Crippen molar-refractivity contribution < 1.29 is 18.8 Å². The number of nitrogens with one attached hydrogen (secondary N) is 1. The zero-order valence-corrected chi connectivity index (χ0v) is 14.3. The first-order valence-electron chi connectivity index (χ1n) is 8.02. The van der Waals surface area contributed by atoms with E-state index in [1.165, 1.54) is 6.92 Å². The molecule has 0 aliphatic rings. The van der Waals surface area contributed by atoms with Gasteiger partial charge in [-0.15, -0.1) is 0 Å². The van der Waals surface area contributed by atoms with E-state index in [2.05, 4.69) is 10.5 Å². The summed E-state index contributed by atoms with van der Waals surface area (Å²) in [5.74, 6) is -0.149. The van der Waals surface area contributed by atoms with Gasteiger partial charge in [-0.1, -0.05) is 23.4 Å². The highest BCUT2D eigenvalue weighted by Crippen LogP contribution is 2.22. The van der Waals surface area contributed by atoms with Crippen LogP contribution >= 0.6 is 0 Å². The van der Waals surface area contributed by atoms with Crippen molar-refractivity contribution in [2.24, 2.45) is 0 Å². The second-order valence-electron chi connectivity index (χ2n) is 5.71. The third-order valence-corrected chi connectivity index (χ3v) is 3.88. The van der Waals surface area contributed by atoms with E-state index < -0.39 is 18.0 Å². The quantitative estimate of drug-likeness (QED) is 0.721. The molecule has 3 aromatic rings. The van der Waals surface area contributed by atoms with Crippen molar-refractivity contribution in [3.05, 3.63) is 47.9 Å². The molecule has 0 fully saturated rings. The van der Waals surface area contributed by atoms with E-state index in [9.17, 15) is 9.59 Å². The molecule has 0 aliphatic heterocycles. The van der Waals surface area contributed by atoms with E-state index in [0.717, 1.165) is 17.4 Å². The van der Waals surface area contributed by atoms with Crippen LogP contribution in [0.1, 0.15) is 30.0 Å². The number of carbonyl (C=O) groups is 2. The number of benzene rings is 1. The number of para-hydroxylation sites is 1. The lowest BCUT2D eigenvalue weighted by Crippen LogP contribution is -2.30. The second kappa shape index (κ2) is 6.80. The van der Waals surface area contributed by atoms with Gasteiger partial charge >= 0.3 is 5.97 Å². The normalized spacial score (nSPS) is 12.1. The summed E-state index contributed by atoms with van der Waals surface area (Å²) in [6.07, 6.45) is 0.784. The minimum absolute atomic E-state index is 0.285.